The molecule has 2 saturated heterocycles. The van der Waals surface area contributed by atoms with E-state index >= 15 is 0 Å². The van der Waals surface area contributed by atoms with Crippen LogP contribution in [0.5, 0.6) is 0 Å². The van der Waals surface area contributed by atoms with E-state index in [0.717, 1.165) is 29.7 Å². The Morgan fingerprint density at radius 2 is 1.94 bits per heavy atom. The van der Waals surface area contributed by atoms with Crippen LogP contribution in [0.15, 0.2) is 35.3 Å². The number of hydrogen-bond acceptors (Lipinski definition) is 5. The Labute approximate surface area is 218 Å². The van der Waals surface area contributed by atoms with Gasteiger partial charge in [0.25, 0.3) is 0 Å². The lowest BCUT2D eigenvalue weighted by molar-refractivity contribution is -0.129. The monoisotopic (exact) mass is 539 g/mol. The quantitative estimate of drug-likeness (QED) is 0.430. The highest BCUT2D eigenvalue weighted by Gasteiger charge is 2.40. The third-order valence-corrected chi connectivity index (χ3v) is 7.86. The largest absolute Gasteiger partial charge is 0.376 e. The number of hydrogen-bond donors (Lipinski definition) is 1. The predicted molar refractivity (Wildman–Crippen MR) is 140 cm³/mol. The second kappa shape index (κ2) is 10.9. The Bertz CT molecular complexity index is 1150. The third kappa shape index (κ3) is 5.89. The van der Waals surface area contributed by atoms with Crippen molar-refractivity contribution < 1.29 is 14.3 Å². The molecule has 2 aromatic carbocycles. The number of benzene rings is 2. The summed E-state index contributed by atoms with van der Waals surface area (Å²) in [6, 6.07) is 8.94. The lowest BCUT2D eigenvalue weighted by Crippen LogP contribution is -2.38. The molecule has 2 aliphatic rings. The molecule has 34 heavy (non-hydrogen) atoms. The maximum Gasteiger partial charge on any atom is 0.242 e. The number of anilines is 1. The molecule has 0 unspecified atom stereocenters. The normalized spacial score (nSPS) is 21.5. The van der Waals surface area contributed by atoms with E-state index < -0.39 is 5.25 Å². The van der Waals surface area contributed by atoms with Gasteiger partial charge in [-0.3, -0.25) is 14.5 Å². The van der Waals surface area contributed by atoms with E-state index in [1.807, 2.05) is 26.0 Å². The highest BCUT2D eigenvalue weighted by Crippen LogP contribution is 2.35. The zero-order chi connectivity index (χ0) is 24.4. The Morgan fingerprint density at radius 3 is 2.65 bits per heavy atom. The van der Waals surface area contributed by atoms with Gasteiger partial charge in [-0.15, -0.1) is 0 Å². The molecule has 2 amide bonds. The number of nitrogens with one attached hydrogen (secondary N) is 1. The van der Waals surface area contributed by atoms with Gasteiger partial charge in [0, 0.05) is 13.0 Å². The maximum atomic E-state index is 13.3. The number of aliphatic imine (C=N–C) groups is 1. The zero-order valence-corrected chi connectivity index (χ0v) is 21.8. The van der Waals surface area contributed by atoms with E-state index in [9.17, 15) is 9.59 Å². The summed E-state index contributed by atoms with van der Waals surface area (Å²) in [6.45, 7) is 5.13. The minimum absolute atomic E-state index is 0.0311. The average molecular weight is 541 g/mol. The van der Waals surface area contributed by atoms with Crippen molar-refractivity contribution in [3.05, 3.63) is 56.5 Å². The Morgan fingerprint density at radius 1 is 1.18 bits per heavy atom. The second-order valence-corrected chi connectivity index (χ2v) is 10.8. The minimum Gasteiger partial charge on any atom is -0.376 e. The van der Waals surface area contributed by atoms with Gasteiger partial charge in [-0.05, 0) is 50.5 Å². The van der Waals surface area contributed by atoms with E-state index in [4.69, 9.17) is 44.5 Å². The van der Waals surface area contributed by atoms with Crippen LogP contribution in [-0.2, 0) is 14.3 Å². The molecule has 2 heterocycles. The van der Waals surface area contributed by atoms with Crippen molar-refractivity contribution >= 4 is 74.9 Å². The molecule has 6 nitrogen and oxygen atoms in total. The summed E-state index contributed by atoms with van der Waals surface area (Å²) >= 11 is 19.5. The van der Waals surface area contributed by atoms with Crippen LogP contribution in [0.1, 0.15) is 30.4 Å². The van der Waals surface area contributed by atoms with E-state index in [0.29, 0.717) is 29.0 Å². The Hall–Kier alpha value is -1.77. The van der Waals surface area contributed by atoms with Gasteiger partial charge >= 0.3 is 0 Å². The summed E-state index contributed by atoms with van der Waals surface area (Å²) in [7, 11) is 0. The van der Waals surface area contributed by atoms with Crippen molar-refractivity contribution in [3.8, 4) is 0 Å². The van der Waals surface area contributed by atoms with Crippen molar-refractivity contribution in [2.24, 2.45) is 4.99 Å². The number of amides is 2. The van der Waals surface area contributed by atoms with Crippen molar-refractivity contribution in [2.45, 2.75) is 44.5 Å². The molecular weight excluding hydrogens is 517 g/mol. The molecule has 2 aliphatic heterocycles. The first-order valence-corrected chi connectivity index (χ1v) is 12.9. The van der Waals surface area contributed by atoms with Gasteiger partial charge in [-0.1, -0.05) is 64.3 Å². The van der Waals surface area contributed by atoms with Gasteiger partial charge in [0.15, 0.2) is 5.17 Å². The first kappa shape index (κ1) is 25.3. The van der Waals surface area contributed by atoms with Crippen molar-refractivity contribution in [1.82, 2.24) is 4.90 Å². The molecule has 0 saturated carbocycles. The molecular formula is C24H24Cl3N3O3S. The van der Waals surface area contributed by atoms with Crippen molar-refractivity contribution in [1.29, 1.82) is 0 Å². The molecule has 4 rings (SSSR count). The van der Waals surface area contributed by atoms with Crippen LogP contribution in [0.3, 0.4) is 0 Å². The predicted octanol–water partition coefficient (Wildman–Crippen LogP) is 6.40. The number of carbonyl (C=O) groups is 2. The van der Waals surface area contributed by atoms with Gasteiger partial charge in [-0.2, -0.15) is 0 Å². The van der Waals surface area contributed by atoms with Gasteiger partial charge in [0.2, 0.25) is 11.8 Å². The van der Waals surface area contributed by atoms with Crippen LogP contribution in [-0.4, -0.2) is 46.4 Å². The lowest BCUT2D eigenvalue weighted by atomic mass is 10.1. The molecule has 0 aliphatic carbocycles. The van der Waals surface area contributed by atoms with E-state index in [-0.39, 0.29) is 34.4 Å². The molecule has 0 radical (unpaired) electrons. The van der Waals surface area contributed by atoms with Crippen LogP contribution in [0, 0.1) is 13.8 Å². The van der Waals surface area contributed by atoms with Crippen molar-refractivity contribution in [2.75, 3.05) is 18.5 Å². The van der Waals surface area contributed by atoms with Crippen molar-refractivity contribution in [3.63, 3.8) is 0 Å². The van der Waals surface area contributed by atoms with Crippen LogP contribution in [0.2, 0.25) is 15.1 Å². The molecule has 2 fully saturated rings. The highest BCUT2D eigenvalue weighted by atomic mass is 35.5. The summed E-state index contributed by atoms with van der Waals surface area (Å²) < 4.78 is 5.76. The second-order valence-electron chi connectivity index (χ2n) is 8.37. The SMILES string of the molecule is Cc1ccc(N=C2S[C@H](CC(=O)Nc3cc(Cl)c(Cl)cc3Cl)C(=O)N2C[C@H]2CCCO2)c(C)c1. The number of thioether (sulfide) groups is 1. The maximum absolute atomic E-state index is 13.3. The number of halogens is 3. The van der Waals surface area contributed by atoms with Gasteiger partial charge in [0.1, 0.15) is 5.25 Å². The summed E-state index contributed by atoms with van der Waals surface area (Å²) in [5, 5.41) is 3.55. The first-order valence-electron chi connectivity index (χ1n) is 10.9. The van der Waals surface area contributed by atoms with Crippen LogP contribution in [0.25, 0.3) is 0 Å². The fourth-order valence-electron chi connectivity index (χ4n) is 3.91. The number of nitrogens with zero attached hydrogens (tertiary/aromatic N) is 2. The van der Waals surface area contributed by atoms with Crippen LogP contribution in [0.4, 0.5) is 11.4 Å². The molecule has 0 aromatic heterocycles. The van der Waals surface area contributed by atoms with E-state index in [1.54, 1.807) is 4.90 Å². The number of ether oxygens (including phenoxy) is 1. The zero-order valence-electron chi connectivity index (χ0n) is 18.7. The molecule has 2 atom stereocenters. The number of amidine groups is 1. The number of aryl methyl sites for hydroxylation is 2. The highest BCUT2D eigenvalue weighted by molar-refractivity contribution is 8.15. The molecule has 180 valence electrons. The molecule has 0 spiro atoms. The van der Waals surface area contributed by atoms with Gasteiger partial charge in [-0.25, -0.2) is 4.99 Å². The smallest absolute Gasteiger partial charge is 0.242 e. The Kier molecular flexibility index (Phi) is 8.10. The fourth-order valence-corrected chi connectivity index (χ4v) is 5.66. The molecule has 1 N–H and O–H groups in total. The number of carbonyl (C=O) groups excluding carboxylic acids is 2. The summed E-state index contributed by atoms with van der Waals surface area (Å²) in [5.74, 6) is -0.504. The lowest BCUT2D eigenvalue weighted by Gasteiger charge is -2.20. The van der Waals surface area contributed by atoms with Gasteiger partial charge in [0.05, 0.1) is 39.1 Å². The number of rotatable bonds is 6. The summed E-state index contributed by atoms with van der Waals surface area (Å²) in [6.07, 6.45) is 1.80. The Balaban J connectivity index is 1.53. The minimum atomic E-state index is -0.604. The molecule has 0 bridgehead atoms. The third-order valence-electron chi connectivity index (χ3n) is 5.65. The summed E-state index contributed by atoms with van der Waals surface area (Å²) in [4.78, 5) is 32.5. The van der Waals surface area contributed by atoms with E-state index in [2.05, 4.69) is 11.4 Å². The molecule has 2 aromatic rings. The average Bonchev–Trinajstić information content (AvgIpc) is 3.38. The van der Waals surface area contributed by atoms with Crippen LogP contribution >= 0.6 is 46.6 Å². The van der Waals surface area contributed by atoms with Gasteiger partial charge < -0.3 is 10.1 Å². The first-order chi connectivity index (χ1) is 16.2. The molecule has 10 heteroatoms. The van der Waals surface area contributed by atoms with Crippen LogP contribution < -0.4 is 5.32 Å². The standard InChI is InChI=1S/C24H24Cl3N3O3S/c1-13-5-6-19(14(2)8-13)29-24-30(12-15-4-3-7-33-15)23(32)21(34-24)11-22(31)28-20-10-17(26)16(25)9-18(20)27/h5-6,8-10,15,21H,3-4,7,11-12H2,1-2H3,(H,28,31)/t15-,21-/m1/s1. The fraction of sp³-hybridized carbons (Fsp3) is 0.375. The summed E-state index contributed by atoms with van der Waals surface area (Å²) in [5.41, 5.74) is 3.30. The topological polar surface area (TPSA) is 71.0 Å². The van der Waals surface area contributed by atoms with E-state index in [1.165, 1.54) is 23.9 Å².